The van der Waals surface area contributed by atoms with Gasteiger partial charge in [-0.3, -0.25) is 14.9 Å². The number of anilines is 2. The first-order valence-electron chi connectivity index (χ1n) is 5.73. The van der Waals surface area contributed by atoms with Gasteiger partial charge in [-0.2, -0.15) is 0 Å². The van der Waals surface area contributed by atoms with E-state index in [1.165, 1.54) is 18.2 Å². The van der Waals surface area contributed by atoms with Crippen molar-refractivity contribution in [3.8, 4) is 5.75 Å². The second-order valence-corrected chi connectivity index (χ2v) is 4.11. The minimum absolute atomic E-state index is 0.0345. The van der Waals surface area contributed by atoms with Gasteiger partial charge in [0.2, 0.25) is 0 Å². The van der Waals surface area contributed by atoms with Crippen LogP contribution in [0.25, 0.3) is 0 Å². The van der Waals surface area contributed by atoms with E-state index in [0.29, 0.717) is 6.07 Å². The summed E-state index contributed by atoms with van der Waals surface area (Å²) in [7, 11) is 0. The van der Waals surface area contributed by atoms with Crippen LogP contribution in [0.15, 0.2) is 36.4 Å². The lowest BCUT2D eigenvalue weighted by Crippen LogP contribution is -2.15. The van der Waals surface area contributed by atoms with Gasteiger partial charge in [-0.25, -0.2) is 4.39 Å². The van der Waals surface area contributed by atoms with Crippen LogP contribution in [0, 0.1) is 15.9 Å². The summed E-state index contributed by atoms with van der Waals surface area (Å²) in [6, 6.07) is 6.90. The van der Waals surface area contributed by atoms with E-state index in [0.717, 1.165) is 12.1 Å². The fraction of sp³-hybridized carbons (Fsp3) is 0. The van der Waals surface area contributed by atoms with E-state index in [1.54, 1.807) is 0 Å². The Labute approximate surface area is 118 Å². The van der Waals surface area contributed by atoms with Crippen LogP contribution in [-0.4, -0.2) is 15.9 Å². The van der Waals surface area contributed by atoms with Crippen molar-refractivity contribution < 1.29 is 19.2 Å². The average Bonchev–Trinajstić information content (AvgIpc) is 2.43. The van der Waals surface area contributed by atoms with Gasteiger partial charge in [0.05, 0.1) is 27.9 Å². The molecule has 108 valence electrons. The number of non-ortho nitro benzene ring substituents is 1. The number of nitrogens with one attached hydrogen (secondary N) is 1. The van der Waals surface area contributed by atoms with E-state index in [1.807, 2.05) is 0 Å². The SMILES string of the molecule is Nc1c(O)cccc1C(=O)Nc1ccc([N+](=O)[O-])cc1F. The highest BCUT2D eigenvalue weighted by molar-refractivity contribution is 6.08. The fourth-order valence-electron chi connectivity index (χ4n) is 1.66. The topological polar surface area (TPSA) is 118 Å². The standard InChI is InChI=1S/C13H10FN3O4/c14-9-6-7(17(20)21)4-5-10(9)16-13(19)8-2-1-3-11(18)12(8)15/h1-6,18H,15H2,(H,16,19). The van der Waals surface area contributed by atoms with Crippen molar-refractivity contribution in [2.75, 3.05) is 11.1 Å². The molecule has 4 N–H and O–H groups in total. The normalized spacial score (nSPS) is 10.1. The Morgan fingerprint density at radius 1 is 1.33 bits per heavy atom. The molecule has 0 fully saturated rings. The van der Waals surface area contributed by atoms with Crippen molar-refractivity contribution in [2.45, 2.75) is 0 Å². The molecule has 0 aliphatic heterocycles. The maximum absolute atomic E-state index is 13.7. The van der Waals surface area contributed by atoms with E-state index in [2.05, 4.69) is 5.32 Å². The smallest absolute Gasteiger partial charge is 0.272 e. The Kier molecular flexibility index (Phi) is 3.70. The lowest BCUT2D eigenvalue weighted by molar-refractivity contribution is -0.385. The van der Waals surface area contributed by atoms with Crippen molar-refractivity contribution in [3.05, 3.63) is 57.9 Å². The molecule has 0 unspecified atom stereocenters. The van der Waals surface area contributed by atoms with Crippen LogP contribution < -0.4 is 11.1 Å². The third-order valence-corrected chi connectivity index (χ3v) is 2.74. The van der Waals surface area contributed by atoms with Crippen LogP contribution in [0.1, 0.15) is 10.4 Å². The molecule has 21 heavy (non-hydrogen) atoms. The molecule has 0 aromatic heterocycles. The number of phenols is 1. The zero-order valence-corrected chi connectivity index (χ0v) is 10.5. The predicted molar refractivity (Wildman–Crippen MR) is 73.5 cm³/mol. The number of nitrogen functional groups attached to an aromatic ring is 1. The first kappa shape index (κ1) is 14.3. The predicted octanol–water partition coefficient (Wildman–Crippen LogP) is 2.27. The molecule has 7 nitrogen and oxygen atoms in total. The molecule has 0 aliphatic rings. The summed E-state index contributed by atoms with van der Waals surface area (Å²) in [4.78, 5) is 21.7. The van der Waals surface area contributed by atoms with Gasteiger partial charge in [-0.1, -0.05) is 6.07 Å². The van der Waals surface area contributed by atoms with E-state index in [-0.39, 0.29) is 22.7 Å². The minimum atomic E-state index is -0.948. The van der Waals surface area contributed by atoms with Crippen LogP contribution in [0.3, 0.4) is 0 Å². The Morgan fingerprint density at radius 3 is 2.67 bits per heavy atom. The van der Waals surface area contributed by atoms with Crippen LogP contribution in [0.4, 0.5) is 21.5 Å². The molecule has 0 saturated heterocycles. The number of amides is 1. The number of nitro groups is 1. The third kappa shape index (κ3) is 2.89. The monoisotopic (exact) mass is 291 g/mol. The lowest BCUT2D eigenvalue weighted by atomic mass is 10.1. The zero-order chi connectivity index (χ0) is 15.6. The first-order valence-corrected chi connectivity index (χ1v) is 5.73. The highest BCUT2D eigenvalue weighted by atomic mass is 19.1. The molecule has 0 atom stereocenters. The van der Waals surface area contributed by atoms with Gasteiger partial charge in [0.25, 0.3) is 11.6 Å². The number of nitrogens with two attached hydrogens (primary N) is 1. The summed E-state index contributed by atoms with van der Waals surface area (Å²) in [6.07, 6.45) is 0. The van der Waals surface area contributed by atoms with Crippen molar-refractivity contribution in [3.63, 3.8) is 0 Å². The summed E-state index contributed by atoms with van der Waals surface area (Å²) in [5.74, 6) is -1.96. The number of carbonyl (C=O) groups is 1. The third-order valence-electron chi connectivity index (χ3n) is 2.74. The largest absolute Gasteiger partial charge is 0.506 e. The van der Waals surface area contributed by atoms with Crippen molar-refractivity contribution >= 4 is 23.0 Å². The number of hydrogen-bond donors (Lipinski definition) is 3. The van der Waals surface area contributed by atoms with Crippen LogP contribution in [-0.2, 0) is 0 Å². The second-order valence-electron chi connectivity index (χ2n) is 4.11. The molecular weight excluding hydrogens is 281 g/mol. The molecule has 2 aromatic rings. The van der Waals surface area contributed by atoms with E-state index < -0.39 is 22.3 Å². The fourth-order valence-corrected chi connectivity index (χ4v) is 1.66. The number of benzene rings is 2. The molecule has 0 bridgehead atoms. The summed E-state index contributed by atoms with van der Waals surface area (Å²) in [6.45, 7) is 0. The Morgan fingerprint density at radius 2 is 2.05 bits per heavy atom. The van der Waals surface area contributed by atoms with Gasteiger partial charge in [-0.05, 0) is 18.2 Å². The molecule has 1 amide bonds. The molecule has 0 aliphatic carbocycles. The van der Waals surface area contributed by atoms with Crippen LogP contribution >= 0.6 is 0 Å². The van der Waals surface area contributed by atoms with Gasteiger partial charge >= 0.3 is 0 Å². The molecule has 0 spiro atoms. The number of para-hydroxylation sites is 1. The van der Waals surface area contributed by atoms with Crippen LogP contribution in [0.2, 0.25) is 0 Å². The summed E-state index contributed by atoms with van der Waals surface area (Å²) in [5, 5.41) is 22.1. The van der Waals surface area contributed by atoms with Gasteiger partial charge in [0, 0.05) is 6.07 Å². The zero-order valence-electron chi connectivity index (χ0n) is 10.5. The van der Waals surface area contributed by atoms with Crippen molar-refractivity contribution in [1.29, 1.82) is 0 Å². The number of halogens is 1. The molecule has 2 aromatic carbocycles. The Balaban J connectivity index is 2.28. The van der Waals surface area contributed by atoms with E-state index >= 15 is 0 Å². The van der Waals surface area contributed by atoms with Crippen molar-refractivity contribution in [2.24, 2.45) is 0 Å². The molecule has 8 heteroatoms. The molecule has 0 radical (unpaired) electrons. The minimum Gasteiger partial charge on any atom is -0.506 e. The first-order chi connectivity index (χ1) is 9.90. The number of nitrogens with zero attached hydrogens (tertiary/aromatic N) is 1. The van der Waals surface area contributed by atoms with Crippen molar-refractivity contribution in [1.82, 2.24) is 0 Å². The highest BCUT2D eigenvalue weighted by Crippen LogP contribution is 2.25. The van der Waals surface area contributed by atoms with Gasteiger partial charge in [0.1, 0.15) is 5.75 Å². The summed E-state index contributed by atoms with van der Waals surface area (Å²) >= 11 is 0. The summed E-state index contributed by atoms with van der Waals surface area (Å²) < 4.78 is 13.7. The summed E-state index contributed by atoms with van der Waals surface area (Å²) in [5.41, 5.74) is 4.71. The quantitative estimate of drug-likeness (QED) is 0.347. The number of aromatic hydroxyl groups is 1. The molecular formula is C13H10FN3O4. The molecule has 0 saturated carbocycles. The lowest BCUT2D eigenvalue weighted by Gasteiger charge is -2.09. The number of phenolic OH excluding ortho intramolecular Hbond substituents is 1. The number of carbonyl (C=O) groups excluding carboxylic acids is 1. The Bertz CT molecular complexity index is 733. The second kappa shape index (κ2) is 5.45. The maximum Gasteiger partial charge on any atom is 0.272 e. The maximum atomic E-state index is 13.7. The number of nitro benzene ring substituents is 1. The number of rotatable bonds is 3. The highest BCUT2D eigenvalue weighted by Gasteiger charge is 2.16. The van der Waals surface area contributed by atoms with Gasteiger partial charge < -0.3 is 16.2 Å². The van der Waals surface area contributed by atoms with Crippen LogP contribution in [0.5, 0.6) is 5.75 Å². The molecule has 0 heterocycles. The van der Waals surface area contributed by atoms with E-state index in [4.69, 9.17) is 5.73 Å². The number of hydrogen-bond acceptors (Lipinski definition) is 5. The van der Waals surface area contributed by atoms with Gasteiger partial charge in [-0.15, -0.1) is 0 Å². The molecule has 2 rings (SSSR count). The average molecular weight is 291 g/mol. The Hall–Kier alpha value is -3.16. The van der Waals surface area contributed by atoms with E-state index in [9.17, 15) is 24.4 Å². The van der Waals surface area contributed by atoms with Gasteiger partial charge in [0.15, 0.2) is 5.82 Å².